The molecule has 1 unspecified atom stereocenters. The number of hydrogen-bond acceptors (Lipinski definition) is 4. The molecule has 1 heterocycles. The number of benzene rings is 1. The Balaban J connectivity index is 2.11. The first-order valence-corrected chi connectivity index (χ1v) is 5.94. The van der Waals surface area contributed by atoms with Gasteiger partial charge in [0.2, 0.25) is 0 Å². The van der Waals surface area contributed by atoms with Crippen molar-refractivity contribution in [3.63, 3.8) is 0 Å². The van der Waals surface area contributed by atoms with Gasteiger partial charge in [-0.1, -0.05) is 41.9 Å². The van der Waals surface area contributed by atoms with E-state index in [0.29, 0.717) is 5.82 Å². The van der Waals surface area contributed by atoms with Gasteiger partial charge in [-0.2, -0.15) is 0 Å². The summed E-state index contributed by atoms with van der Waals surface area (Å²) in [6, 6.07) is 9.20. The third-order valence-corrected chi connectivity index (χ3v) is 2.64. The first-order chi connectivity index (χ1) is 9.20. The van der Waals surface area contributed by atoms with Crippen molar-refractivity contribution in [2.75, 3.05) is 12.4 Å². The molecule has 1 aromatic heterocycles. The normalized spacial score (nSPS) is 11.9. The van der Waals surface area contributed by atoms with Gasteiger partial charge >= 0.3 is 0 Å². The summed E-state index contributed by atoms with van der Waals surface area (Å²) in [5, 5.41) is 2.89. The fourth-order valence-electron chi connectivity index (χ4n) is 1.59. The van der Waals surface area contributed by atoms with Crippen molar-refractivity contribution >= 4 is 23.3 Å². The van der Waals surface area contributed by atoms with Crippen LogP contribution in [0.4, 0.5) is 5.82 Å². The molecule has 1 atom stereocenters. The number of amides is 1. The number of anilines is 1. The van der Waals surface area contributed by atoms with E-state index >= 15 is 0 Å². The van der Waals surface area contributed by atoms with Gasteiger partial charge < -0.3 is 10.1 Å². The molecule has 0 radical (unpaired) electrons. The molecule has 5 nitrogen and oxygen atoms in total. The van der Waals surface area contributed by atoms with E-state index in [-0.39, 0.29) is 11.1 Å². The van der Waals surface area contributed by atoms with E-state index < -0.39 is 6.10 Å². The average molecular weight is 278 g/mol. The van der Waals surface area contributed by atoms with Crippen LogP contribution in [0, 0.1) is 0 Å². The van der Waals surface area contributed by atoms with Crippen LogP contribution in [0.3, 0.4) is 0 Å². The average Bonchev–Trinajstić information content (AvgIpc) is 2.43. The topological polar surface area (TPSA) is 64.1 Å². The maximum Gasteiger partial charge on any atom is 0.259 e. The molecule has 98 valence electrons. The van der Waals surface area contributed by atoms with Crippen LogP contribution in [0.1, 0.15) is 11.7 Å². The number of nitrogens with zero attached hydrogens (tertiary/aromatic N) is 2. The molecular weight excluding hydrogens is 266 g/mol. The van der Waals surface area contributed by atoms with E-state index in [2.05, 4.69) is 15.3 Å². The van der Waals surface area contributed by atoms with Gasteiger partial charge in [0.1, 0.15) is 5.15 Å². The highest BCUT2D eigenvalue weighted by molar-refractivity contribution is 6.29. The first kappa shape index (κ1) is 13.5. The highest BCUT2D eigenvalue weighted by atomic mass is 35.5. The van der Waals surface area contributed by atoms with Gasteiger partial charge in [0.05, 0.1) is 12.4 Å². The number of ether oxygens (including phenoxy) is 1. The number of carbonyl (C=O) groups is 1. The van der Waals surface area contributed by atoms with E-state index in [4.69, 9.17) is 16.3 Å². The maximum atomic E-state index is 12.1. The molecule has 0 aliphatic carbocycles. The standard InChI is InChI=1S/C13H12ClN3O2/c1-19-12(9-5-3-2-4-6-9)13(18)17-11-8-15-10(14)7-16-11/h2-8,12H,1H3,(H,16,17,18). The Labute approximate surface area is 115 Å². The van der Waals surface area contributed by atoms with Crippen molar-refractivity contribution in [3.05, 3.63) is 53.4 Å². The van der Waals surface area contributed by atoms with Crippen LogP contribution in [0.15, 0.2) is 42.7 Å². The molecule has 0 fully saturated rings. The second-order valence-corrected chi connectivity index (χ2v) is 4.13. The molecule has 6 heteroatoms. The van der Waals surface area contributed by atoms with Crippen LogP contribution in [-0.2, 0) is 9.53 Å². The second kappa shape index (κ2) is 6.26. The van der Waals surface area contributed by atoms with Gasteiger partial charge in [-0.25, -0.2) is 9.97 Å². The van der Waals surface area contributed by atoms with Gasteiger partial charge in [0.25, 0.3) is 5.91 Å². The Morgan fingerprint density at radius 1 is 1.26 bits per heavy atom. The van der Waals surface area contributed by atoms with Crippen LogP contribution in [0.5, 0.6) is 0 Å². The minimum absolute atomic E-state index is 0.268. The molecule has 1 aromatic carbocycles. The molecule has 0 spiro atoms. The van der Waals surface area contributed by atoms with Gasteiger partial charge in [-0.05, 0) is 5.56 Å². The minimum atomic E-state index is -0.696. The Kier molecular flexibility index (Phi) is 4.43. The fourth-order valence-corrected chi connectivity index (χ4v) is 1.69. The lowest BCUT2D eigenvalue weighted by molar-refractivity contribution is -0.126. The Hall–Kier alpha value is -1.98. The number of nitrogens with one attached hydrogen (secondary N) is 1. The Morgan fingerprint density at radius 2 is 2.00 bits per heavy atom. The summed E-state index contributed by atoms with van der Waals surface area (Å²) in [5.41, 5.74) is 0.768. The number of rotatable bonds is 4. The second-order valence-electron chi connectivity index (χ2n) is 3.74. The number of halogens is 1. The van der Waals surface area contributed by atoms with E-state index in [9.17, 15) is 4.79 Å². The number of carbonyl (C=O) groups excluding carboxylic acids is 1. The third-order valence-electron chi connectivity index (χ3n) is 2.45. The quantitative estimate of drug-likeness (QED) is 0.932. The predicted molar refractivity (Wildman–Crippen MR) is 71.9 cm³/mol. The molecule has 2 aromatic rings. The van der Waals surface area contributed by atoms with Crippen LogP contribution in [-0.4, -0.2) is 23.0 Å². The molecule has 0 saturated heterocycles. The molecule has 1 N–H and O–H groups in total. The van der Waals surface area contributed by atoms with E-state index in [1.54, 1.807) is 0 Å². The zero-order chi connectivity index (χ0) is 13.7. The number of hydrogen-bond donors (Lipinski definition) is 1. The Bertz CT molecular complexity index is 546. The lowest BCUT2D eigenvalue weighted by atomic mass is 10.1. The number of methoxy groups -OCH3 is 1. The largest absolute Gasteiger partial charge is 0.367 e. The van der Waals surface area contributed by atoms with Crippen LogP contribution in [0.2, 0.25) is 5.15 Å². The summed E-state index contributed by atoms with van der Waals surface area (Å²) in [4.78, 5) is 19.9. The van der Waals surface area contributed by atoms with Crippen molar-refractivity contribution in [1.29, 1.82) is 0 Å². The van der Waals surface area contributed by atoms with E-state index in [0.717, 1.165) is 5.56 Å². The molecule has 0 aliphatic heterocycles. The summed E-state index contributed by atoms with van der Waals surface area (Å²) in [6.07, 6.45) is 2.05. The van der Waals surface area contributed by atoms with Gasteiger partial charge in [0, 0.05) is 7.11 Å². The van der Waals surface area contributed by atoms with Crippen molar-refractivity contribution in [2.24, 2.45) is 0 Å². The highest BCUT2D eigenvalue weighted by Crippen LogP contribution is 2.18. The zero-order valence-corrected chi connectivity index (χ0v) is 11.0. The molecule has 0 bridgehead atoms. The van der Waals surface area contributed by atoms with Crippen LogP contribution >= 0.6 is 11.6 Å². The van der Waals surface area contributed by atoms with Gasteiger partial charge in [-0.15, -0.1) is 0 Å². The fraction of sp³-hybridized carbons (Fsp3) is 0.154. The molecule has 2 rings (SSSR count). The smallest absolute Gasteiger partial charge is 0.259 e. The first-order valence-electron chi connectivity index (χ1n) is 5.57. The lowest BCUT2D eigenvalue weighted by Gasteiger charge is -2.14. The van der Waals surface area contributed by atoms with Gasteiger partial charge in [0.15, 0.2) is 11.9 Å². The Morgan fingerprint density at radius 3 is 2.58 bits per heavy atom. The molecule has 0 saturated carbocycles. The monoisotopic (exact) mass is 277 g/mol. The SMILES string of the molecule is COC(C(=O)Nc1cnc(Cl)cn1)c1ccccc1. The summed E-state index contributed by atoms with van der Waals surface area (Å²) < 4.78 is 5.21. The van der Waals surface area contributed by atoms with Crippen LogP contribution in [0.25, 0.3) is 0 Å². The molecular formula is C13H12ClN3O2. The van der Waals surface area contributed by atoms with Crippen molar-refractivity contribution in [1.82, 2.24) is 9.97 Å². The molecule has 0 aliphatic rings. The van der Waals surface area contributed by atoms with E-state index in [1.807, 2.05) is 30.3 Å². The summed E-state index contributed by atoms with van der Waals surface area (Å²) in [6.45, 7) is 0. The predicted octanol–water partition coefficient (Wildman–Crippen LogP) is 2.46. The molecule has 19 heavy (non-hydrogen) atoms. The minimum Gasteiger partial charge on any atom is -0.367 e. The third kappa shape index (κ3) is 3.49. The van der Waals surface area contributed by atoms with Crippen molar-refractivity contribution in [3.8, 4) is 0 Å². The van der Waals surface area contributed by atoms with Crippen LogP contribution < -0.4 is 5.32 Å². The zero-order valence-electron chi connectivity index (χ0n) is 10.2. The summed E-state index contributed by atoms with van der Waals surface area (Å²) >= 11 is 5.62. The van der Waals surface area contributed by atoms with Crippen molar-refractivity contribution in [2.45, 2.75) is 6.10 Å². The lowest BCUT2D eigenvalue weighted by Crippen LogP contribution is -2.23. The molecule has 1 amide bonds. The van der Waals surface area contributed by atoms with Crippen molar-refractivity contribution < 1.29 is 9.53 Å². The highest BCUT2D eigenvalue weighted by Gasteiger charge is 2.20. The maximum absolute atomic E-state index is 12.1. The summed E-state index contributed by atoms with van der Waals surface area (Å²) in [5.74, 6) is 0.0118. The summed E-state index contributed by atoms with van der Waals surface area (Å²) in [7, 11) is 1.48. The van der Waals surface area contributed by atoms with Gasteiger partial charge in [-0.3, -0.25) is 4.79 Å². The van der Waals surface area contributed by atoms with E-state index in [1.165, 1.54) is 19.5 Å². The number of aromatic nitrogens is 2.